The molecule has 0 aliphatic carbocycles. The summed E-state index contributed by atoms with van der Waals surface area (Å²) in [4.78, 5) is 13.7. The van der Waals surface area contributed by atoms with Gasteiger partial charge in [0, 0.05) is 4.88 Å². The zero-order valence-corrected chi connectivity index (χ0v) is 16.8. The smallest absolute Gasteiger partial charge is 0.259 e. The maximum Gasteiger partial charge on any atom is 0.259 e. The van der Waals surface area contributed by atoms with Crippen LogP contribution in [0.3, 0.4) is 0 Å². The molecule has 28 heavy (non-hydrogen) atoms. The highest BCUT2D eigenvalue weighted by molar-refractivity contribution is 7.16. The highest BCUT2D eigenvalue weighted by Crippen LogP contribution is 2.27. The van der Waals surface area contributed by atoms with Crippen molar-refractivity contribution in [2.45, 2.75) is 39.5 Å². The Bertz CT molecular complexity index is 980. The predicted molar refractivity (Wildman–Crippen MR) is 112 cm³/mol. The molecule has 3 rings (SSSR count). The van der Waals surface area contributed by atoms with E-state index in [9.17, 15) is 13.6 Å². The van der Waals surface area contributed by atoms with Gasteiger partial charge in [-0.2, -0.15) is 0 Å². The Morgan fingerprint density at radius 2 is 1.68 bits per heavy atom. The summed E-state index contributed by atoms with van der Waals surface area (Å²) in [6.07, 6.45) is 4.46. The maximum absolute atomic E-state index is 14.5. The number of carbonyl (C=O) groups excluding carboxylic acids is 1. The number of amides is 1. The van der Waals surface area contributed by atoms with Gasteiger partial charge in [0.05, 0.1) is 10.6 Å². The first-order valence-electron chi connectivity index (χ1n) is 9.44. The maximum atomic E-state index is 14.5. The molecule has 0 radical (unpaired) electrons. The molecule has 0 spiro atoms. The normalized spacial score (nSPS) is 10.9. The number of carbonyl (C=O) groups is 1. The molecule has 0 atom stereocenters. The van der Waals surface area contributed by atoms with Gasteiger partial charge in [-0.05, 0) is 66.8 Å². The number of hydrogen-bond acceptors (Lipinski definition) is 2. The van der Waals surface area contributed by atoms with Gasteiger partial charge in [-0.15, -0.1) is 11.3 Å². The summed E-state index contributed by atoms with van der Waals surface area (Å²) < 4.78 is 28.3. The highest BCUT2D eigenvalue weighted by atomic mass is 32.1. The largest absolute Gasteiger partial charge is 0.313 e. The van der Waals surface area contributed by atoms with E-state index in [4.69, 9.17) is 0 Å². The van der Waals surface area contributed by atoms with Gasteiger partial charge in [0.25, 0.3) is 5.91 Å². The molecule has 0 bridgehead atoms. The van der Waals surface area contributed by atoms with Gasteiger partial charge < -0.3 is 5.32 Å². The molecule has 1 heterocycles. The summed E-state index contributed by atoms with van der Waals surface area (Å²) in [7, 11) is 0. The molecule has 0 unspecified atom stereocenters. The van der Waals surface area contributed by atoms with Gasteiger partial charge in [-0.1, -0.05) is 38.0 Å². The van der Waals surface area contributed by atoms with E-state index in [0.717, 1.165) is 12.8 Å². The second-order valence-electron chi connectivity index (χ2n) is 6.84. The van der Waals surface area contributed by atoms with E-state index in [1.807, 2.05) is 12.1 Å². The van der Waals surface area contributed by atoms with Crippen LogP contribution in [0.1, 0.15) is 47.0 Å². The van der Waals surface area contributed by atoms with Crippen LogP contribution in [0.25, 0.3) is 11.1 Å². The average molecular weight is 400 g/mol. The average Bonchev–Trinajstić information content (AvgIpc) is 3.11. The lowest BCUT2D eigenvalue weighted by Crippen LogP contribution is -2.12. The van der Waals surface area contributed by atoms with E-state index in [2.05, 4.69) is 12.2 Å². The van der Waals surface area contributed by atoms with E-state index in [0.29, 0.717) is 21.7 Å². The first-order chi connectivity index (χ1) is 13.5. The quantitative estimate of drug-likeness (QED) is 0.426. The third kappa shape index (κ3) is 4.84. The Labute approximate surface area is 168 Å². The SMILES string of the molecule is CCCCCc1ccc(NC(=O)c2ccc(-c3ccc(C)c(F)c3)cc2F)s1. The number of unbranched alkanes of at least 4 members (excludes halogenated alkanes) is 2. The van der Waals surface area contributed by atoms with Crippen LogP contribution in [0, 0.1) is 18.6 Å². The summed E-state index contributed by atoms with van der Waals surface area (Å²) in [6, 6.07) is 12.9. The minimum absolute atomic E-state index is 0.0303. The molecule has 146 valence electrons. The van der Waals surface area contributed by atoms with Crippen molar-refractivity contribution in [2.75, 3.05) is 5.32 Å². The Morgan fingerprint density at radius 1 is 0.964 bits per heavy atom. The zero-order chi connectivity index (χ0) is 20.1. The Hall–Kier alpha value is -2.53. The molecule has 2 aromatic carbocycles. The molecule has 0 saturated heterocycles. The van der Waals surface area contributed by atoms with Crippen LogP contribution in [-0.2, 0) is 6.42 Å². The van der Waals surface area contributed by atoms with Crippen LogP contribution in [-0.4, -0.2) is 5.91 Å². The minimum atomic E-state index is -0.629. The van der Waals surface area contributed by atoms with Crippen LogP contribution in [0.2, 0.25) is 0 Å². The van der Waals surface area contributed by atoms with Crippen molar-refractivity contribution in [2.24, 2.45) is 0 Å². The number of benzene rings is 2. The third-order valence-electron chi connectivity index (χ3n) is 4.64. The van der Waals surface area contributed by atoms with Crippen molar-refractivity contribution in [1.82, 2.24) is 0 Å². The van der Waals surface area contributed by atoms with E-state index in [-0.39, 0.29) is 11.4 Å². The number of nitrogens with one attached hydrogen (secondary N) is 1. The summed E-state index contributed by atoms with van der Waals surface area (Å²) in [5.74, 6) is -1.45. The molecule has 1 aromatic heterocycles. The van der Waals surface area contributed by atoms with E-state index >= 15 is 0 Å². The lowest BCUT2D eigenvalue weighted by atomic mass is 10.0. The molecule has 5 heteroatoms. The molecule has 1 N–H and O–H groups in total. The van der Waals surface area contributed by atoms with Crippen LogP contribution in [0.5, 0.6) is 0 Å². The fraction of sp³-hybridized carbons (Fsp3) is 0.261. The lowest BCUT2D eigenvalue weighted by molar-refractivity contribution is 0.102. The molecular formula is C23H23F2NOS. The number of hydrogen-bond donors (Lipinski definition) is 1. The van der Waals surface area contributed by atoms with Crippen LogP contribution in [0.15, 0.2) is 48.5 Å². The van der Waals surface area contributed by atoms with Gasteiger partial charge >= 0.3 is 0 Å². The molecule has 0 aliphatic rings. The van der Waals surface area contributed by atoms with E-state index in [1.54, 1.807) is 25.1 Å². The van der Waals surface area contributed by atoms with Crippen molar-refractivity contribution >= 4 is 22.2 Å². The topological polar surface area (TPSA) is 29.1 Å². The second-order valence-corrected chi connectivity index (χ2v) is 8.00. The van der Waals surface area contributed by atoms with Gasteiger partial charge in [0.1, 0.15) is 11.6 Å². The Kier molecular flexibility index (Phi) is 6.57. The van der Waals surface area contributed by atoms with Gasteiger partial charge in [0.2, 0.25) is 0 Å². The fourth-order valence-electron chi connectivity index (χ4n) is 2.96. The van der Waals surface area contributed by atoms with E-state index < -0.39 is 11.7 Å². The number of thiophene rings is 1. The molecule has 2 nitrogen and oxygen atoms in total. The van der Waals surface area contributed by atoms with E-state index in [1.165, 1.54) is 47.3 Å². The summed E-state index contributed by atoms with van der Waals surface area (Å²) in [5.41, 5.74) is 1.61. The van der Waals surface area contributed by atoms with Gasteiger partial charge in [0.15, 0.2) is 0 Å². The summed E-state index contributed by atoms with van der Waals surface area (Å²) in [6.45, 7) is 3.84. The van der Waals surface area contributed by atoms with Crippen molar-refractivity contribution in [3.05, 3.63) is 76.2 Å². The first kappa shape index (κ1) is 20.2. The van der Waals surface area contributed by atoms with Crippen molar-refractivity contribution < 1.29 is 13.6 Å². The lowest BCUT2D eigenvalue weighted by Gasteiger charge is -2.08. The molecular weight excluding hydrogens is 376 g/mol. The van der Waals surface area contributed by atoms with Crippen molar-refractivity contribution in [1.29, 1.82) is 0 Å². The van der Waals surface area contributed by atoms with Gasteiger partial charge in [-0.3, -0.25) is 4.79 Å². The molecule has 0 saturated carbocycles. The van der Waals surface area contributed by atoms with Crippen molar-refractivity contribution in [3.63, 3.8) is 0 Å². The Balaban J connectivity index is 1.71. The standard InChI is InChI=1S/C23H23F2NOS/c1-3-4-5-6-18-10-12-22(28-18)26-23(27)19-11-9-17(14-21(19)25)16-8-7-15(2)20(24)13-16/h7-14H,3-6H2,1-2H3,(H,26,27). The predicted octanol–water partition coefficient (Wildman–Crippen LogP) is 6.99. The molecule has 0 fully saturated rings. The third-order valence-corrected chi connectivity index (χ3v) is 5.70. The molecule has 0 aliphatic heterocycles. The summed E-state index contributed by atoms with van der Waals surface area (Å²) in [5, 5.41) is 3.47. The highest BCUT2D eigenvalue weighted by Gasteiger charge is 2.14. The fourth-order valence-corrected chi connectivity index (χ4v) is 3.90. The number of anilines is 1. The Morgan fingerprint density at radius 3 is 2.36 bits per heavy atom. The number of halogens is 2. The van der Waals surface area contributed by atoms with Crippen LogP contribution >= 0.6 is 11.3 Å². The van der Waals surface area contributed by atoms with Crippen molar-refractivity contribution in [3.8, 4) is 11.1 Å². The van der Waals surface area contributed by atoms with Crippen LogP contribution < -0.4 is 5.32 Å². The zero-order valence-electron chi connectivity index (χ0n) is 16.0. The summed E-state index contributed by atoms with van der Waals surface area (Å²) >= 11 is 1.52. The van der Waals surface area contributed by atoms with Crippen LogP contribution in [0.4, 0.5) is 13.8 Å². The molecule has 3 aromatic rings. The monoisotopic (exact) mass is 399 g/mol. The second kappa shape index (κ2) is 9.11. The minimum Gasteiger partial charge on any atom is -0.313 e. The molecule has 1 amide bonds. The van der Waals surface area contributed by atoms with Gasteiger partial charge in [-0.25, -0.2) is 8.78 Å². The number of aryl methyl sites for hydroxylation is 2. The first-order valence-corrected chi connectivity index (χ1v) is 10.3. The number of rotatable bonds is 7.